The van der Waals surface area contributed by atoms with Crippen LogP contribution in [0.15, 0.2) is 29.8 Å². The summed E-state index contributed by atoms with van der Waals surface area (Å²) in [6.45, 7) is 9.90. The maximum Gasteiger partial charge on any atom is 0.244 e. The third kappa shape index (κ3) is 3.94. The van der Waals surface area contributed by atoms with Crippen molar-refractivity contribution in [1.29, 1.82) is 0 Å². The van der Waals surface area contributed by atoms with E-state index in [1.165, 1.54) is 4.31 Å². The van der Waals surface area contributed by atoms with Crippen molar-refractivity contribution in [2.24, 2.45) is 7.05 Å². The maximum atomic E-state index is 12.5. The van der Waals surface area contributed by atoms with Crippen LogP contribution in [0.4, 0.5) is 0 Å². The molecule has 0 saturated heterocycles. The van der Waals surface area contributed by atoms with Gasteiger partial charge in [0.2, 0.25) is 10.0 Å². The Hall–Kier alpha value is -1.11. The molecule has 20 heavy (non-hydrogen) atoms. The number of hydrogen-bond acceptors (Lipinski definition) is 3. The Balaban J connectivity index is 2.95. The number of nitrogens with zero attached hydrogens (tertiary/aromatic N) is 2. The summed E-state index contributed by atoms with van der Waals surface area (Å²) in [7, 11) is -1.57. The van der Waals surface area contributed by atoms with Crippen LogP contribution >= 0.6 is 0 Å². The quantitative estimate of drug-likeness (QED) is 0.558. The molecule has 0 spiro atoms. The summed E-state index contributed by atoms with van der Waals surface area (Å²) in [6.07, 6.45) is 4.33. The Morgan fingerprint density at radius 3 is 2.70 bits per heavy atom. The first-order chi connectivity index (χ1) is 9.47. The molecule has 0 radical (unpaired) electrons. The van der Waals surface area contributed by atoms with Crippen LogP contribution in [0.3, 0.4) is 0 Å². The Morgan fingerprint density at radius 2 is 2.15 bits per heavy atom. The third-order valence-electron chi connectivity index (χ3n) is 3.14. The van der Waals surface area contributed by atoms with Gasteiger partial charge in [0.05, 0.1) is 0 Å². The number of sulfonamides is 1. The Labute approximate surface area is 122 Å². The van der Waals surface area contributed by atoms with Crippen LogP contribution in [0.2, 0.25) is 0 Å². The summed E-state index contributed by atoms with van der Waals surface area (Å²) in [6, 6.07) is 1.74. The largest absolute Gasteiger partial charge is 0.352 e. The van der Waals surface area contributed by atoms with Gasteiger partial charge in [0.25, 0.3) is 0 Å². The molecule has 5 nitrogen and oxygen atoms in total. The topological polar surface area (TPSA) is 54.3 Å². The van der Waals surface area contributed by atoms with Gasteiger partial charge in [-0.3, -0.25) is 0 Å². The van der Waals surface area contributed by atoms with Crippen molar-refractivity contribution in [2.45, 2.75) is 31.7 Å². The van der Waals surface area contributed by atoms with E-state index in [1.54, 1.807) is 18.3 Å². The van der Waals surface area contributed by atoms with E-state index < -0.39 is 10.0 Å². The number of aromatic nitrogens is 1. The minimum atomic E-state index is -3.43. The van der Waals surface area contributed by atoms with E-state index in [0.717, 1.165) is 18.7 Å². The lowest BCUT2D eigenvalue weighted by atomic mass is 10.4. The summed E-state index contributed by atoms with van der Waals surface area (Å²) >= 11 is 0. The van der Waals surface area contributed by atoms with Gasteiger partial charge < -0.3 is 9.88 Å². The first-order valence-corrected chi connectivity index (χ1v) is 8.38. The minimum absolute atomic E-state index is 0.331. The molecule has 0 saturated carbocycles. The van der Waals surface area contributed by atoms with Crippen molar-refractivity contribution in [2.75, 3.05) is 19.6 Å². The van der Waals surface area contributed by atoms with Crippen molar-refractivity contribution < 1.29 is 8.42 Å². The average Bonchev–Trinajstić information content (AvgIpc) is 2.78. The van der Waals surface area contributed by atoms with Gasteiger partial charge in [-0.15, -0.1) is 6.58 Å². The van der Waals surface area contributed by atoms with E-state index in [1.807, 2.05) is 18.5 Å². The Kier molecular flexibility index (Phi) is 6.45. The van der Waals surface area contributed by atoms with Crippen LogP contribution < -0.4 is 5.32 Å². The summed E-state index contributed by atoms with van der Waals surface area (Å²) in [4.78, 5) is 0.344. The molecule has 1 heterocycles. The van der Waals surface area contributed by atoms with Crippen LogP contribution in [0.5, 0.6) is 0 Å². The van der Waals surface area contributed by atoms with Crippen LogP contribution in [0.25, 0.3) is 0 Å². The molecule has 1 rings (SSSR count). The fourth-order valence-corrected chi connectivity index (χ4v) is 3.49. The van der Waals surface area contributed by atoms with E-state index in [0.29, 0.717) is 24.5 Å². The smallest absolute Gasteiger partial charge is 0.244 e. The summed E-state index contributed by atoms with van der Waals surface area (Å²) in [5, 5.41) is 3.28. The van der Waals surface area contributed by atoms with Gasteiger partial charge in [-0.25, -0.2) is 8.42 Å². The molecule has 0 unspecified atom stereocenters. The number of nitrogens with one attached hydrogen (secondary N) is 1. The molecule has 0 fully saturated rings. The highest BCUT2D eigenvalue weighted by Gasteiger charge is 2.23. The van der Waals surface area contributed by atoms with Gasteiger partial charge in [-0.2, -0.15) is 4.31 Å². The van der Waals surface area contributed by atoms with Crippen molar-refractivity contribution in [3.63, 3.8) is 0 Å². The fourth-order valence-electron chi connectivity index (χ4n) is 1.98. The highest BCUT2D eigenvalue weighted by Crippen LogP contribution is 2.18. The SMILES string of the molecule is C=CCN(CC)S(=O)(=O)c1cc(CNCCC)n(C)c1. The summed E-state index contributed by atoms with van der Waals surface area (Å²) < 4.78 is 28.3. The molecule has 0 bridgehead atoms. The second kappa shape index (κ2) is 7.61. The van der Waals surface area contributed by atoms with Gasteiger partial charge >= 0.3 is 0 Å². The minimum Gasteiger partial charge on any atom is -0.352 e. The van der Waals surface area contributed by atoms with Crippen molar-refractivity contribution >= 4 is 10.0 Å². The van der Waals surface area contributed by atoms with Crippen molar-refractivity contribution in [1.82, 2.24) is 14.2 Å². The van der Waals surface area contributed by atoms with Crippen molar-refractivity contribution in [3.05, 3.63) is 30.6 Å². The standard InChI is InChI=1S/C14H25N3O2S/c1-5-8-15-11-13-10-14(12-16(13)4)20(18,19)17(7-3)9-6-2/h6,10,12,15H,2,5,7-9,11H2,1,3-4H3. The molecular weight excluding hydrogens is 274 g/mol. The van der Waals surface area contributed by atoms with Gasteiger partial charge in [0.15, 0.2) is 0 Å². The van der Waals surface area contributed by atoms with Crippen LogP contribution in [-0.4, -0.2) is 36.9 Å². The zero-order valence-corrected chi connectivity index (χ0v) is 13.4. The van der Waals surface area contributed by atoms with E-state index in [4.69, 9.17) is 0 Å². The fraction of sp³-hybridized carbons (Fsp3) is 0.571. The van der Waals surface area contributed by atoms with Gasteiger partial charge in [0.1, 0.15) is 4.90 Å². The number of hydrogen-bond donors (Lipinski definition) is 1. The van der Waals surface area contributed by atoms with Crippen molar-refractivity contribution in [3.8, 4) is 0 Å². The number of aryl methyl sites for hydroxylation is 1. The molecule has 1 aromatic rings. The highest BCUT2D eigenvalue weighted by atomic mass is 32.2. The molecule has 6 heteroatoms. The molecule has 0 amide bonds. The normalized spacial score (nSPS) is 12.0. The molecule has 1 N–H and O–H groups in total. The van der Waals surface area contributed by atoms with Crippen LogP contribution in [0, 0.1) is 0 Å². The van der Waals surface area contributed by atoms with Gasteiger partial charge in [-0.1, -0.05) is 19.9 Å². The molecule has 0 atom stereocenters. The number of rotatable bonds is 9. The average molecular weight is 299 g/mol. The first kappa shape index (κ1) is 16.9. The van der Waals surface area contributed by atoms with Gasteiger partial charge in [0, 0.05) is 38.6 Å². The lowest BCUT2D eigenvalue weighted by Gasteiger charge is -2.17. The number of likely N-dealkylation sites (N-methyl/N-ethyl adjacent to an activating group) is 1. The lowest BCUT2D eigenvalue weighted by Crippen LogP contribution is -2.30. The molecule has 0 aliphatic carbocycles. The summed E-state index contributed by atoms with van der Waals surface area (Å²) in [5.41, 5.74) is 0.965. The van der Waals surface area contributed by atoms with Crippen LogP contribution in [0.1, 0.15) is 26.0 Å². The lowest BCUT2D eigenvalue weighted by molar-refractivity contribution is 0.460. The van der Waals surface area contributed by atoms with E-state index in [2.05, 4.69) is 18.8 Å². The zero-order valence-electron chi connectivity index (χ0n) is 12.6. The molecule has 1 aromatic heterocycles. The van der Waals surface area contributed by atoms with E-state index in [-0.39, 0.29) is 0 Å². The Morgan fingerprint density at radius 1 is 1.45 bits per heavy atom. The molecule has 114 valence electrons. The zero-order chi connectivity index (χ0) is 15.2. The predicted molar refractivity (Wildman–Crippen MR) is 82.0 cm³/mol. The maximum absolute atomic E-state index is 12.5. The first-order valence-electron chi connectivity index (χ1n) is 6.94. The second-order valence-electron chi connectivity index (χ2n) is 4.70. The highest BCUT2D eigenvalue weighted by molar-refractivity contribution is 7.89. The third-order valence-corrected chi connectivity index (χ3v) is 5.04. The van der Waals surface area contributed by atoms with Crippen LogP contribution in [-0.2, 0) is 23.6 Å². The molecule has 0 aliphatic heterocycles. The van der Waals surface area contributed by atoms with Gasteiger partial charge in [-0.05, 0) is 19.0 Å². The van der Waals surface area contributed by atoms with E-state index in [9.17, 15) is 8.42 Å². The molecule has 0 aliphatic rings. The monoisotopic (exact) mass is 299 g/mol. The summed E-state index contributed by atoms with van der Waals surface area (Å²) in [5.74, 6) is 0. The molecule has 0 aromatic carbocycles. The predicted octanol–water partition coefficient (Wildman–Crippen LogP) is 1.72. The second-order valence-corrected chi connectivity index (χ2v) is 6.64. The van der Waals surface area contributed by atoms with E-state index >= 15 is 0 Å². The Bertz CT molecular complexity index is 535. The molecular formula is C14H25N3O2S.